The molecule has 0 atom stereocenters. The number of nitrogens with zero attached hydrogens (tertiary/aromatic N) is 1. The van der Waals surface area contributed by atoms with Crippen molar-refractivity contribution in [3.8, 4) is 0 Å². The largest absolute Gasteiger partial charge is 0.296 e. The molecule has 0 spiro atoms. The average Bonchev–Trinajstić information content (AvgIpc) is 2.77. The van der Waals surface area contributed by atoms with Crippen LogP contribution in [-0.4, -0.2) is 24.3 Å². The fourth-order valence-electron chi connectivity index (χ4n) is 2.52. The summed E-state index contributed by atoms with van der Waals surface area (Å²) in [5.74, 6) is -1.02. The standard InChI is InChI=1S/C18H15NO2/c20-17-14-8-4-5-9-15(14)18(21)16(17)12-19-11-10-13-6-2-1-3-7-13/h1-9,12,16H,10-11H2. The average molecular weight is 277 g/mol. The van der Waals surface area contributed by atoms with E-state index in [0.29, 0.717) is 17.7 Å². The van der Waals surface area contributed by atoms with E-state index < -0.39 is 5.92 Å². The van der Waals surface area contributed by atoms with E-state index in [-0.39, 0.29) is 11.6 Å². The van der Waals surface area contributed by atoms with E-state index in [1.807, 2.05) is 30.3 Å². The smallest absolute Gasteiger partial charge is 0.179 e. The molecule has 0 heterocycles. The van der Waals surface area contributed by atoms with Crippen LogP contribution in [-0.2, 0) is 6.42 Å². The zero-order valence-electron chi connectivity index (χ0n) is 11.5. The predicted octanol–water partition coefficient (Wildman–Crippen LogP) is 3.00. The van der Waals surface area contributed by atoms with Gasteiger partial charge in [0.05, 0.1) is 0 Å². The summed E-state index contributed by atoms with van der Waals surface area (Å²) in [6, 6.07) is 17.0. The van der Waals surface area contributed by atoms with Crippen LogP contribution in [0.3, 0.4) is 0 Å². The second kappa shape index (κ2) is 5.83. The zero-order chi connectivity index (χ0) is 14.7. The van der Waals surface area contributed by atoms with Gasteiger partial charge in [0.25, 0.3) is 0 Å². The van der Waals surface area contributed by atoms with Crippen molar-refractivity contribution >= 4 is 17.8 Å². The molecule has 3 heteroatoms. The van der Waals surface area contributed by atoms with Crippen molar-refractivity contribution in [3.63, 3.8) is 0 Å². The van der Waals surface area contributed by atoms with Crippen molar-refractivity contribution in [2.24, 2.45) is 10.9 Å². The molecular formula is C18H15NO2. The van der Waals surface area contributed by atoms with Crippen LogP contribution in [0.5, 0.6) is 0 Å². The van der Waals surface area contributed by atoms with Gasteiger partial charge in [-0.1, -0.05) is 54.6 Å². The number of carbonyl (C=O) groups excluding carboxylic acids is 2. The minimum atomic E-state index is -0.738. The Bertz CT molecular complexity index is 669. The molecule has 21 heavy (non-hydrogen) atoms. The minimum absolute atomic E-state index is 0.140. The number of aliphatic imine (C=N–C) groups is 1. The normalized spacial score (nSPS) is 14.9. The molecule has 0 amide bonds. The Labute approximate surface area is 123 Å². The van der Waals surface area contributed by atoms with Gasteiger partial charge in [0.2, 0.25) is 0 Å². The van der Waals surface area contributed by atoms with Gasteiger partial charge in [0.1, 0.15) is 5.92 Å². The summed E-state index contributed by atoms with van der Waals surface area (Å²) in [5.41, 5.74) is 2.23. The monoisotopic (exact) mass is 277 g/mol. The molecule has 0 unspecified atom stereocenters. The Hall–Kier alpha value is -2.55. The Balaban J connectivity index is 1.65. The van der Waals surface area contributed by atoms with E-state index in [0.717, 1.165) is 6.42 Å². The molecule has 3 rings (SSSR count). The number of Topliss-reactive ketones (excluding diaryl/α,β-unsaturated/α-hetero) is 2. The quantitative estimate of drug-likeness (QED) is 0.637. The Morgan fingerprint density at radius 1 is 0.857 bits per heavy atom. The first-order valence-electron chi connectivity index (χ1n) is 6.98. The Morgan fingerprint density at radius 3 is 2.05 bits per heavy atom. The van der Waals surface area contributed by atoms with Gasteiger partial charge in [-0.05, 0) is 12.0 Å². The van der Waals surface area contributed by atoms with E-state index in [1.54, 1.807) is 24.3 Å². The van der Waals surface area contributed by atoms with Gasteiger partial charge in [-0.3, -0.25) is 14.6 Å². The highest BCUT2D eigenvalue weighted by molar-refractivity contribution is 6.33. The molecule has 0 saturated carbocycles. The highest BCUT2D eigenvalue weighted by Gasteiger charge is 2.36. The number of hydrogen-bond donors (Lipinski definition) is 0. The van der Waals surface area contributed by atoms with Crippen LogP contribution in [0.2, 0.25) is 0 Å². The molecule has 3 nitrogen and oxygen atoms in total. The van der Waals surface area contributed by atoms with Crippen molar-refractivity contribution in [2.45, 2.75) is 6.42 Å². The van der Waals surface area contributed by atoms with Crippen LogP contribution in [0, 0.1) is 5.92 Å². The summed E-state index contributed by atoms with van der Waals surface area (Å²) >= 11 is 0. The fraction of sp³-hybridized carbons (Fsp3) is 0.167. The summed E-state index contributed by atoms with van der Waals surface area (Å²) in [7, 11) is 0. The summed E-state index contributed by atoms with van der Waals surface area (Å²) < 4.78 is 0. The Morgan fingerprint density at radius 2 is 1.43 bits per heavy atom. The van der Waals surface area contributed by atoms with E-state index in [1.165, 1.54) is 11.8 Å². The van der Waals surface area contributed by atoms with Crippen LogP contribution < -0.4 is 0 Å². The van der Waals surface area contributed by atoms with Crippen LogP contribution in [0.1, 0.15) is 26.3 Å². The zero-order valence-corrected chi connectivity index (χ0v) is 11.5. The maximum atomic E-state index is 12.2. The van der Waals surface area contributed by atoms with Gasteiger partial charge >= 0.3 is 0 Å². The van der Waals surface area contributed by atoms with Gasteiger partial charge in [0, 0.05) is 23.9 Å². The molecular weight excluding hydrogens is 262 g/mol. The van der Waals surface area contributed by atoms with Gasteiger partial charge in [-0.25, -0.2) is 0 Å². The summed E-state index contributed by atoms with van der Waals surface area (Å²) in [6.07, 6.45) is 2.31. The van der Waals surface area contributed by atoms with Gasteiger partial charge < -0.3 is 0 Å². The summed E-state index contributed by atoms with van der Waals surface area (Å²) in [4.78, 5) is 28.6. The third-order valence-corrected chi connectivity index (χ3v) is 3.65. The minimum Gasteiger partial charge on any atom is -0.296 e. The van der Waals surface area contributed by atoms with Crippen molar-refractivity contribution in [1.29, 1.82) is 0 Å². The molecule has 0 N–H and O–H groups in total. The first-order valence-corrected chi connectivity index (χ1v) is 6.98. The van der Waals surface area contributed by atoms with Gasteiger partial charge in [-0.2, -0.15) is 0 Å². The van der Waals surface area contributed by atoms with Crippen LogP contribution in [0.4, 0.5) is 0 Å². The number of hydrogen-bond acceptors (Lipinski definition) is 3. The molecule has 0 saturated heterocycles. The maximum Gasteiger partial charge on any atom is 0.179 e. The van der Waals surface area contributed by atoms with Crippen molar-refractivity contribution in [3.05, 3.63) is 71.3 Å². The number of benzene rings is 2. The molecule has 0 aromatic heterocycles. The lowest BCUT2D eigenvalue weighted by atomic mass is 10.1. The van der Waals surface area contributed by atoms with E-state index in [9.17, 15) is 9.59 Å². The second-order valence-electron chi connectivity index (χ2n) is 5.04. The van der Waals surface area contributed by atoms with Crippen LogP contribution in [0.25, 0.3) is 0 Å². The number of carbonyl (C=O) groups is 2. The lowest BCUT2D eigenvalue weighted by Gasteiger charge is -1.99. The van der Waals surface area contributed by atoms with Crippen LogP contribution in [0.15, 0.2) is 59.6 Å². The van der Waals surface area contributed by atoms with E-state index >= 15 is 0 Å². The summed E-state index contributed by atoms with van der Waals surface area (Å²) in [5, 5.41) is 0. The highest BCUT2D eigenvalue weighted by atomic mass is 16.2. The first-order chi connectivity index (χ1) is 10.3. The highest BCUT2D eigenvalue weighted by Crippen LogP contribution is 2.25. The third kappa shape index (κ3) is 2.68. The SMILES string of the molecule is O=C1c2ccccc2C(=O)C1C=NCCc1ccccc1. The molecule has 104 valence electrons. The lowest BCUT2D eigenvalue weighted by Crippen LogP contribution is -2.16. The second-order valence-corrected chi connectivity index (χ2v) is 5.04. The number of fused-ring (bicyclic) bond motifs is 1. The summed E-state index contributed by atoms with van der Waals surface area (Å²) in [6.45, 7) is 0.581. The molecule has 0 aliphatic heterocycles. The lowest BCUT2D eigenvalue weighted by molar-refractivity contribution is 0.0886. The molecule has 2 aromatic carbocycles. The third-order valence-electron chi connectivity index (χ3n) is 3.65. The number of rotatable bonds is 4. The molecule has 1 aliphatic carbocycles. The molecule has 1 aliphatic rings. The predicted molar refractivity (Wildman–Crippen MR) is 82.1 cm³/mol. The molecule has 0 bridgehead atoms. The maximum absolute atomic E-state index is 12.2. The Kier molecular flexibility index (Phi) is 3.73. The van der Waals surface area contributed by atoms with E-state index in [4.69, 9.17) is 0 Å². The van der Waals surface area contributed by atoms with Crippen LogP contribution >= 0.6 is 0 Å². The van der Waals surface area contributed by atoms with Gasteiger partial charge in [-0.15, -0.1) is 0 Å². The van der Waals surface area contributed by atoms with Crippen molar-refractivity contribution in [2.75, 3.05) is 6.54 Å². The van der Waals surface area contributed by atoms with Crippen molar-refractivity contribution < 1.29 is 9.59 Å². The topological polar surface area (TPSA) is 46.5 Å². The fourth-order valence-corrected chi connectivity index (χ4v) is 2.52. The van der Waals surface area contributed by atoms with Crippen molar-refractivity contribution in [1.82, 2.24) is 0 Å². The van der Waals surface area contributed by atoms with E-state index in [2.05, 4.69) is 4.99 Å². The van der Waals surface area contributed by atoms with Gasteiger partial charge in [0.15, 0.2) is 11.6 Å². The molecule has 0 fully saturated rings. The number of ketones is 2. The first kappa shape index (κ1) is 13.4. The molecule has 2 aromatic rings. The molecule has 0 radical (unpaired) electrons.